The fourth-order valence-electron chi connectivity index (χ4n) is 3.80. The Morgan fingerprint density at radius 2 is 1.39 bits per heavy atom. The van der Waals surface area contributed by atoms with Crippen LogP contribution in [-0.2, 0) is 10.1 Å². The van der Waals surface area contributed by atoms with Crippen LogP contribution in [0.15, 0.2) is 67.1 Å². The van der Waals surface area contributed by atoms with Crippen LogP contribution in [0.4, 0.5) is 0 Å². The smallest absolute Gasteiger partial charge is 0.340 e. The molecule has 12 heteroatoms. The molecule has 0 saturated carbocycles. The maximum absolute atomic E-state index is 13.9. The number of methoxy groups -OCH3 is 5. The summed E-state index contributed by atoms with van der Waals surface area (Å²) in [5.74, 6) is 0.433. The van der Waals surface area contributed by atoms with Gasteiger partial charge < -0.3 is 32.3 Å². The van der Waals surface area contributed by atoms with Crippen LogP contribution in [0.5, 0.6) is 34.5 Å². The first-order chi connectivity index (χ1) is 18.2. The van der Waals surface area contributed by atoms with Crippen LogP contribution in [0.3, 0.4) is 0 Å². The summed E-state index contributed by atoms with van der Waals surface area (Å²) < 4.78 is 65.5. The Hall–Kier alpha value is -3.90. The molecule has 0 N–H and O–H groups in total. The minimum atomic E-state index is -4.50. The Morgan fingerprint density at radius 3 is 1.95 bits per heavy atom. The summed E-state index contributed by atoms with van der Waals surface area (Å²) in [6.45, 7) is 0. The number of halogens is 1. The van der Waals surface area contributed by atoms with Gasteiger partial charge in [0.15, 0.2) is 17.3 Å². The molecule has 0 saturated heterocycles. The fraction of sp³-hybridized carbons (Fsp3) is 0.192. The van der Waals surface area contributed by atoms with Crippen LogP contribution in [0.1, 0.15) is 0 Å². The van der Waals surface area contributed by atoms with Gasteiger partial charge in [-0.3, -0.25) is 4.79 Å². The number of benzene rings is 3. The molecule has 0 atom stereocenters. The van der Waals surface area contributed by atoms with Gasteiger partial charge in [-0.05, 0) is 40.2 Å². The van der Waals surface area contributed by atoms with Crippen molar-refractivity contribution in [3.05, 3.63) is 63.2 Å². The van der Waals surface area contributed by atoms with Crippen molar-refractivity contribution < 1.29 is 40.7 Å². The van der Waals surface area contributed by atoms with Gasteiger partial charge in [0, 0.05) is 22.2 Å². The van der Waals surface area contributed by atoms with Crippen molar-refractivity contribution in [3.63, 3.8) is 0 Å². The molecule has 10 nitrogen and oxygen atoms in total. The van der Waals surface area contributed by atoms with Crippen LogP contribution in [0, 0.1) is 0 Å². The van der Waals surface area contributed by atoms with Crippen LogP contribution in [0.2, 0.25) is 0 Å². The van der Waals surface area contributed by atoms with Crippen LogP contribution in [-0.4, -0.2) is 44.0 Å². The van der Waals surface area contributed by atoms with Gasteiger partial charge in [0.05, 0.1) is 35.5 Å². The lowest BCUT2D eigenvalue weighted by Gasteiger charge is -2.17. The predicted octanol–water partition coefficient (Wildman–Crippen LogP) is 5.03. The number of hydrogen-bond donors (Lipinski definition) is 0. The third-order valence-electron chi connectivity index (χ3n) is 5.57. The summed E-state index contributed by atoms with van der Waals surface area (Å²) in [7, 11) is 2.58. The van der Waals surface area contributed by atoms with Gasteiger partial charge in [0.2, 0.25) is 16.9 Å². The molecule has 200 valence electrons. The summed E-state index contributed by atoms with van der Waals surface area (Å²) in [5.41, 5.74) is -0.497. The topological polar surface area (TPSA) is 120 Å². The molecule has 0 aliphatic rings. The van der Waals surface area contributed by atoms with E-state index in [-0.39, 0.29) is 54.7 Å². The van der Waals surface area contributed by atoms with Gasteiger partial charge >= 0.3 is 10.1 Å². The van der Waals surface area contributed by atoms with Crippen molar-refractivity contribution in [1.82, 2.24) is 0 Å². The van der Waals surface area contributed by atoms with Crippen molar-refractivity contribution >= 4 is 37.0 Å². The second-order valence-electron chi connectivity index (χ2n) is 7.67. The summed E-state index contributed by atoms with van der Waals surface area (Å²) >= 11 is 3.22. The molecule has 1 heterocycles. The molecule has 0 radical (unpaired) electrons. The minimum absolute atomic E-state index is 0.0400. The third kappa shape index (κ3) is 4.84. The van der Waals surface area contributed by atoms with E-state index in [1.54, 1.807) is 6.07 Å². The molecule has 0 unspecified atom stereocenters. The van der Waals surface area contributed by atoms with Crippen molar-refractivity contribution in [2.24, 2.45) is 0 Å². The molecule has 1 aromatic heterocycles. The summed E-state index contributed by atoms with van der Waals surface area (Å²) in [6.07, 6.45) is 0. The van der Waals surface area contributed by atoms with Gasteiger partial charge in [-0.1, -0.05) is 12.1 Å². The summed E-state index contributed by atoms with van der Waals surface area (Å²) in [4.78, 5) is 13.7. The maximum atomic E-state index is 13.9. The zero-order valence-electron chi connectivity index (χ0n) is 21.0. The van der Waals surface area contributed by atoms with Gasteiger partial charge in [-0.15, -0.1) is 0 Å². The molecule has 4 rings (SSSR count). The van der Waals surface area contributed by atoms with Crippen molar-refractivity contribution in [2.75, 3.05) is 35.5 Å². The van der Waals surface area contributed by atoms with E-state index in [1.165, 1.54) is 78.0 Å². The first-order valence-corrected chi connectivity index (χ1v) is 13.1. The Bertz CT molecular complexity index is 1650. The molecule has 3 aromatic carbocycles. The van der Waals surface area contributed by atoms with Crippen molar-refractivity contribution in [1.29, 1.82) is 0 Å². The number of ether oxygens (including phenoxy) is 5. The number of hydrogen-bond acceptors (Lipinski definition) is 10. The minimum Gasteiger partial charge on any atom is -0.496 e. The number of fused-ring (bicyclic) bond motifs is 1. The van der Waals surface area contributed by atoms with E-state index in [0.717, 1.165) is 0 Å². The SMILES string of the molecule is COc1cc(OC)c2c(=O)c(OS(=O)(=O)c3ccccc3Br)c(-c3cc(OC)c(OC)c(OC)c3)oc2c1. The Morgan fingerprint density at radius 1 is 0.763 bits per heavy atom. The van der Waals surface area contributed by atoms with E-state index in [4.69, 9.17) is 32.3 Å². The highest BCUT2D eigenvalue weighted by Gasteiger charge is 2.29. The Labute approximate surface area is 226 Å². The number of rotatable bonds is 9. The van der Waals surface area contributed by atoms with E-state index in [2.05, 4.69) is 15.9 Å². The van der Waals surface area contributed by atoms with Crippen LogP contribution < -0.4 is 33.3 Å². The monoisotopic (exact) mass is 606 g/mol. The van der Waals surface area contributed by atoms with E-state index in [0.29, 0.717) is 5.75 Å². The summed E-state index contributed by atoms with van der Waals surface area (Å²) in [5, 5.41) is -0.0400. The highest BCUT2D eigenvalue weighted by Crippen LogP contribution is 2.44. The molecule has 0 spiro atoms. The highest BCUT2D eigenvalue weighted by molar-refractivity contribution is 9.10. The van der Waals surface area contributed by atoms with Gasteiger partial charge in [-0.2, -0.15) is 8.42 Å². The second kappa shape index (κ2) is 10.8. The van der Waals surface area contributed by atoms with E-state index < -0.39 is 21.3 Å². The maximum Gasteiger partial charge on any atom is 0.340 e. The molecule has 0 aliphatic heterocycles. The van der Waals surface area contributed by atoms with Gasteiger partial charge in [0.1, 0.15) is 27.4 Å². The molecule has 38 heavy (non-hydrogen) atoms. The molecular formula is C26H23BrO10S. The van der Waals surface area contributed by atoms with Crippen LogP contribution >= 0.6 is 15.9 Å². The molecule has 0 bridgehead atoms. The van der Waals surface area contributed by atoms with Crippen molar-refractivity contribution in [3.8, 4) is 45.8 Å². The molecule has 4 aromatic rings. The first-order valence-electron chi connectivity index (χ1n) is 10.9. The highest BCUT2D eigenvalue weighted by atomic mass is 79.9. The normalized spacial score (nSPS) is 11.2. The van der Waals surface area contributed by atoms with Crippen LogP contribution in [0.25, 0.3) is 22.3 Å². The molecule has 0 aliphatic carbocycles. The molecular weight excluding hydrogens is 584 g/mol. The predicted molar refractivity (Wildman–Crippen MR) is 143 cm³/mol. The lowest BCUT2D eigenvalue weighted by atomic mass is 10.1. The van der Waals surface area contributed by atoms with E-state index in [9.17, 15) is 13.2 Å². The molecule has 0 fully saturated rings. The van der Waals surface area contributed by atoms with E-state index >= 15 is 0 Å². The zero-order valence-corrected chi connectivity index (χ0v) is 23.4. The quantitative estimate of drug-likeness (QED) is 0.240. The lowest BCUT2D eigenvalue weighted by Crippen LogP contribution is -2.17. The largest absolute Gasteiger partial charge is 0.496 e. The fourth-order valence-corrected chi connectivity index (χ4v) is 5.69. The van der Waals surface area contributed by atoms with Gasteiger partial charge in [-0.25, -0.2) is 0 Å². The first kappa shape index (κ1) is 27.1. The zero-order chi connectivity index (χ0) is 27.6. The Balaban J connectivity index is 2.09. The average molecular weight is 607 g/mol. The standard InChI is InChI=1S/C26H23BrO10S/c1-31-15-12-17(32-2)22-18(13-15)36-24(14-10-19(33-3)25(35-5)20(11-14)34-4)26(23(22)28)37-38(29,30)21-9-7-6-8-16(21)27/h6-13H,1-5H3. The summed E-state index contributed by atoms with van der Waals surface area (Å²) in [6, 6.07) is 12.0. The van der Waals surface area contributed by atoms with E-state index in [1.807, 2.05) is 0 Å². The van der Waals surface area contributed by atoms with Crippen molar-refractivity contribution in [2.45, 2.75) is 4.90 Å². The molecule has 0 amide bonds. The van der Waals surface area contributed by atoms with Gasteiger partial charge in [0.25, 0.3) is 0 Å². The lowest BCUT2D eigenvalue weighted by molar-refractivity contribution is 0.324. The average Bonchev–Trinajstić information content (AvgIpc) is 2.92. The second-order valence-corrected chi connectivity index (χ2v) is 10.0. The Kier molecular flexibility index (Phi) is 7.74. The third-order valence-corrected chi connectivity index (χ3v) is 7.81.